The van der Waals surface area contributed by atoms with Crippen LogP contribution in [0, 0.1) is 5.92 Å². The van der Waals surface area contributed by atoms with Gasteiger partial charge in [0.25, 0.3) is 0 Å². The van der Waals surface area contributed by atoms with Crippen LogP contribution < -0.4 is 5.32 Å². The number of carbonyl (C=O) groups excluding carboxylic acids is 1. The number of nitrogens with one attached hydrogen (secondary N) is 1. The predicted molar refractivity (Wildman–Crippen MR) is 82.9 cm³/mol. The molecule has 0 radical (unpaired) electrons. The molecule has 2 rings (SSSR count). The van der Waals surface area contributed by atoms with Gasteiger partial charge in [0.15, 0.2) is 0 Å². The maximum absolute atomic E-state index is 12.3. The van der Waals surface area contributed by atoms with Crippen molar-refractivity contribution in [3.8, 4) is 0 Å². The van der Waals surface area contributed by atoms with Crippen molar-refractivity contribution in [3.63, 3.8) is 0 Å². The number of rotatable bonds is 3. The molecule has 0 aromatic carbocycles. The first-order valence-corrected chi connectivity index (χ1v) is 8.36. The summed E-state index contributed by atoms with van der Waals surface area (Å²) in [5.41, 5.74) is 0. The van der Waals surface area contributed by atoms with Crippen molar-refractivity contribution < 1.29 is 4.79 Å². The molecule has 0 aromatic rings. The Hall–Kier alpha value is -0.770. The number of likely N-dealkylation sites (tertiary alicyclic amines) is 2. The van der Waals surface area contributed by atoms with Crippen LogP contribution in [0.3, 0.4) is 0 Å². The van der Waals surface area contributed by atoms with Crippen LogP contribution in [0.15, 0.2) is 0 Å². The molecule has 0 saturated carbocycles. The molecule has 4 nitrogen and oxygen atoms in total. The molecule has 116 valence electrons. The van der Waals surface area contributed by atoms with E-state index in [4.69, 9.17) is 0 Å². The molecule has 2 aliphatic rings. The summed E-state index contributed by atoms with van der Waals surface area (Å²) in [4.78, 5) is 16.8. The lowest BCUT2D eigenvalue weighted by Gasteiger charge is -2.37. The summed E-state index contributed by atoms with van der Waals surface area (Å²) in [7, 11) is 0. The average molecular weight is 281 g/mol. The molecule has 2 aliphatic heterocycles. The largest absolute Gasteiger partial charge is 0.338 e. The van der Waals surface area contributed by atoms with Crippen LogP contribution in [-0.2, 0) is 0 Å². The lowest BCUT2D eigenvalue weighted by atomic mass is 9.97. The van der Waals surface area contributed by atoms with Crippen molar-refractivity contribution in [1.82, 2.24) is 15.1 Å². The molecule has 4 heteroatoms. The SMILES string of the molecule is CC(C)N1CCCC(CNC(=O)N2CCCCC2C)C1. The molecule has 2 atom stereocenters. The third-order valence-corrected chi connectivity index (χ3v) is 4.89. The smallest absolute Gasteiger partial charge is 0.317 e. The van der Waals surface area contributed by atoms with Gasteiger partial charge < -0.3 is 15.1 Å². The molecule has 2 amide bonds. The first-order valence-electron chi connectivity index (χ1n) is 8.36. The summed E-state index contributed by atoms with van der Waals surface area (Å²) in [6, 6.07) is 1.18. The van der Waals surface area contributed by atoms with Crippen molar-refractivity contribution in [2.24, 2.45) is 5.92 Å². The van der Waals surface area contributed by atoms with Gasteiger partial charge in [-0.3, -0.25) is 0 Å². The monoisotopic (exact) mass is 281 g/mol. The molecule has 0 bridgehead atoms. The van der Waals surface area contributed by atoms with Crippen molar-refractivity contribution >= 4 is 6.03 Å². The van der Waals surface area contributed by atoms with Gasteiger partial charge in [-0.2, -0.15) is 0 Å². The zero-order valence-corrected chi connectivity index (χ0v) is 13.4. The number of amides is 2. The van der Waals surface area contributed by atoms with Crippen molar-refractivity contribution in [2.45, 2.75) is 65.0 Å². The lowest BCUT2D eigenvalue weighted by molar-refractivity contribution is 0.131. The molecule has 2 unspecified atom stereocenters. The molecule has 0 aliphatic carbocycles. The summed E-state index contributed by atoms with van der Waals surface area (Å²) in [6.45, 7) is 10.8. The molecule has 1 N–H and O–H groups in total. The zero-order valence-electron chi connectivity index (χ0n) is 13.4. The fourth-order valence-electron chi connectivity index (χ4n) is 3.47. The van der Waals surface area contributed by atoms with Gasteiger partial charge in [-0.25, -0.2) is 4.79 Å². The second kappa shape index (κ2) is 7.30. The summed E-state index contributed by atoms with van der Waals surface area (Å²) >= 11 is 0. The molecule has 20 heavy (non-hydrogen) atoms. The Kier molecular flexibility index (Phi) is 5.70. The quantitative estimate of drug-likeness (QED) is 0.863. The summed E-state index contributed by atoms with van der Waals surface area (Å²) in [6.07, 6.45) is 6.08. The average Bonchev–Trinajstić information content (AvgIpc) is 2.45. The fraction of sp³-hybridized carbons (Fsp3) is 0.938. The van der Waals surface area contributed by atoms with Crippen molar-refractivity contribution in [2.75, 3.05) is 26.2 Å². The highest BCUT2D eigenvalue weighted by Crippen LogP contribution is 2.19. The van der Waals surface area contributed by atoms with Crippen LogP contribution in [0.1, 0.15) is 52.9 Å². The summed E-state index contributed by atoms with van der Waals surface area (Å²) < 4.78 is 0. The first kappa shape index (κ1) is 15.6. The van der Waals surface area contributed by atoms with E-state index in [1.807, 2.05) is 4.90 Å². The maximum atomic E-state index is 12.3. The number of piperidine rings is 2. The maximum Gasteiger partial charge on any atom is 0.317 e. The van der Waals surface area contributed by atoms with Gasteiger partial charge in [0.1, 0.15) is 0 Å². The van der Waals surface area contributed by atoms with Crippen LogP contribution in [-0.4, -0.2) is 54.1 Å². The Morgan fingerprint density at radius 3 is 2.70 bits per heavy atom. The molecule has 2 heterocycles. The van der Waals surface area contributed by atoms with Gasteiger partial charge in [0.05, 0.1) is 0 Å². The molecule has 0 spiro atoms. The van der Waals surface area contributed by atoms with E-state index < -0.39 is 0 Å². The van der Waals surface area contributed by atoms with E-state index in [9.17, 15) is 4.79 Å². The van der Waals surface area contributed by atoms with E-state index in [1.54, 1.807) is 0 Å². The molecule has 2 fully saturated rings. The molecule has 2 saturated heterocycles. The highest BCUT2D eigenvalue weighted by molar-refractivity contribution is 5.74. The van der Waals surface area contributed by atoms with Crippen LogP contribution in [0.5, 0.6) is 0 Å². The van der Waals surface area contributed by atoms with E-state index in [2.05, 4.69) is 31.0 Å². The predicted octanol–water partition coefficient (Wildman–Crippen LogP) is 2.69. The molecular formula is C16H31N3O. The number of urea groups is 1. The summed E-state index contributed by atoms with van der Waals surface area (Å²) in [5, 5.41) is 3.17. The topological polar surface area (TPSA) is 35.6 Å². The minimum Gasteiger partial charge on any atom is -0.338 e. The lowest BCUT2D eigenvalue weighted by Crippen LogP contribution is -2.50. The number of hydrogen-bond donors (Lipinski definition) is 1. The Balaban J connectivity index is 1.75. The van der Waals surface area contributed by atoms with Gasteiger partial charge >= 0.3 is 6.03 Å². The van der Waals surface area contributed by atoms with Crippen LogP contribution in [0.25, 0.3) is 0 Å². The van der Waals surface area contributed by atoms with Crippen LogP contribution in [0.2, 0.25) is 0 Å². The minimum atomic E-state index is 0.152. The van der Waals surface area contributed by atoms with E-state index in [1.165, 1.54) is 25.8 Å². The Morgan fingerprint density at radius 1 is 1.20 bits per heavy atom. The van der Waals surface area contributed by atoms with E-state index in [-0.39, 0.29) is 6.03 Å². The number of nitrogens with zero attached hydrogens (tertiary/aromatic N) is 2. The summed E-state index contributed by atoms with van der Waals surface area (Å²) in [5.74, 6) is 0.621. The van der Waals surface area contributed by atoms with E-state index in [0.29, 0.717) is 18.0 Å². The highest BCUT2D eigenvalue weighted by atomic mass is 16.2. The second-order valence-electron chi connectivity index (χ2n) is 6.82. The van der Waals surface area contributed by atoms with Crippen molar-refractivity contribution in [1.29, 1.82) is 0 Å². The van der Waals surface area contributed by atoms with Gasteiger partial charge in [-0.05, 0) is 65.3 Å². The van der Waals surface area contributed by atoms with Crippen LogP contribution >= 0.6 is 0 Å². The van der Waals surface area contributed by atoms with Crippen LogP contribution in [0.4, 0.5) is 4.79 Å². The van der Waals surface area contributed by atoms with E-state index in [0.717, 1.165) is 32.5 Å². The van der Waals surface area contributed by atoms with E-state index >= 15 is 0 Å². The third-order valence-electron chi connectivity index (χ3n) is 4.89. The zero-order chi connectivity index (χ0) is 14.5. The first-order chi connectivity index (χ1) is 9.58. The Labute approximate surface area is 123 Å². The van der Waals surface area contributed by atoms with Gasteiger partial charge in [-0.15, -0.1) is 0 Å². The van der Waals surface area contributed by atoms with Crippen molar-refractivity contribution in [3.05, 3.63) is 0 Å². The standard InChI is InChI=1S/C16H31N3O/c1-13(2)18-9-6-8-15(12-18)11-17-16(20)19-10-5-4-7-14(19)3/h13-15H,4-12H2,1-3H3,(H,17,20). The number of hydrogen-bond acceptors (Lipinski definition) is 2. The second-order valence-corrected chi connectivity index (χ2v) is 6.82. The number of carbonyl (C=O) groups is 1. The Morgan fingerprint density at radius 2 is 2.00 bits per heavy atom. The Bertz CT molecular complexity index is 319. The normalized spacial score (nSPS) is 28.7. The molecular weight excluding hydrogens is 250 g/mol. The fourth-order valence-corrected chi connectivity index (χ4v) is 3.47. The molecule has 0 aromatic heterocycles. The third kappa shape index (κ3) is 4.11. The van der Waals surface area contributed by atoms with Gasteiger partial charge in [-0.1, -0.05) is 0 Å². The van der Waals surface area contributed by atoms with Gasteiger partial charge in [0, 0.05) is 31.7 Å². The minimum absolute atomic E-state index is 0.152. The van der Waals surface area contributed by atoms with Gasteiger partial charge in [0.2, 0.25) is 0 Å². The highest BCUT2D eigenvalue weighted by Gasteiger charge is 2.25.